The first kappa shape index (κ1) is 14.7. The molecule has 0 aliphatic heterocycles. The number of allylic oxidation sites excluding steroid dienone is 4. The van der Waals surface area contributed by atoms with Crippen molar-refractivity contribution in [1.82, 2.24) is 0 Å². The van der Waals surface area contributed by atoms with Crippen molar-refractivity contribution < 1.29 is 4.79 Å². The summed E-state index contributed by atoms with van der Waals surface area (Å²) in [7, 11) is 0. The minimum absolute atomic E-state index is 0.263. The highest BCUT2D eigenvalue weighted by atomic mass is 16.1. The van der Waals surface area contributed by atoms with Crippen LogP contribution in [0.5, 0.6) is 0 Å². The largest absolute Gasteiger partial charge is 0.295 e. The summed E-state index contributed by atoms with van der Waals surface area (Å²) in [5.41, 5.74) is 2.17. The van der Waals surface area contributed by atoms with Gasteiger partial charge < -0.3 is 0 Å². The first-order valence-corrected chi connectivity index (χ1v) is 9.42. The fraction of sp³-hybridized carbons (Fsp3) is 0.762. The highest BCUT2D eigenvalue weighted by Gasteiger charge is 2.57. The fourth-order valence-corrected chi connectivity index (χ4v) is 6.78. The van der Waals surface area contributed by atoms with E-state index in [4.69, 9.17) is 0 Å². The highest BCUT2D eigenvalue weighted by molar-refractivity contribution is 5.92. The zero-order valence-electron chi connectivity index (χ0n) is 14.4. The Labute approximate surface area is 135 Å². The van der Waals surface area contributed by atoms with Gasteiger partial charge in [-0.25, -0.2) is 0 Å². The van der Waals surface area contributed by atoms with Crippen molar-refractivity contribution in [2.24, 2.45) is 34.5 Å². The first-order valence-electron chi connectivity index (χ1n) is 9.42. The van der Waals surface area contributed by atoms with Gasteiger partial charge in [0.25, 0.3) is 0 Å². The normalized spacial score (nSPS) is 50.1. The van der Waals surface area contributed by atoms with Crippen LogP contribution in [0.3, 0.4) is 0 Å². The van der Waals surface area contributed by atoms with E-state index in [1.54, 1.807) is 0 Å². The van der Waals surface area contributed by atoms with Gasteiger partial charge in [0.15, 0.2) is 5.78 Å². The molecule has 6 unspecified atom stereocenters. The number of hydrogen-bond acceptors (Lipinski definition) is 1. The Morgan fingerprint density at radius 1 is 1.14 bits per heavy atom. The van der Waals surface area contributed by atoms with Crippen molar-refractivity contribution in [3.63, 3.8) is 0 Å². The standard InChI is InChI=1S/C21H30O/c1-4-14-6-8-18-17-7-5-15-13-16(22)9-11-21(15,3)19(17)10-12-20(14,18)2/h5,7,13-14,17-19H,4,6,8-12H2,1-3H3. The number of carbonyl (C=O) groups excluding carboxylic acids is 1. The van der Waals surface area contributed by atoms with Gasteiger partial charge in [0.1, 0.15) is 0 Å². The molecule has 2 fully saturated rings. The van der Waals surface area contributed by atoms with Crippen LogP contribution in [0.1, 0.15) is 65.7 Å². The molecule has 0 aromatic carbocycles. The molecule has 0 amide bonds. The Hall–Kier alpha value is -0.850. The van der Waals surface area contributed by atoms with Crippen LogP contribution < -0.4 is 0 Å². The van der Waals surface area contributed by atoms with Crippen molar-refractivity contribution in [1.29, 1.82) is 0 Å². The lowest BCUT2D eigenvalue weighted by Crippen LogP contribution is -2.48. The second-order valence-corrected chi connectivity index (χ2v) is 8.86. The molecule has 0 heterocycles. The van der Waals surface area contributed by atoms with E-state index in [-0.39, 0.29) is 5.41 Å². The van der Waals surface area contributed by atoms with Crippen LogP contribution in [0.2, 0.25) is 0 Å². The Bertz CT molecular complexity index is 556. The minimum Gasteiger partial charge on any atom is -0.295 e. The maximum Gasteiger partial charge on any atom is 0.156 e. The summed E-state index contributed by atoms with van der Waals surface area (Å²) in [5.74, 6) is 3.67. The summed E-state index contributed by atoms with van der Waals surface area (Å²) in [5, 5.41) is 0. The van der Waals surface area contributed by atoms with Gasteiger partial charge in [-0.05, 0) is 78.3 Å². The Kier molecular flexibility index (Phi) is 3.23. The average Bonchev–Trinajstić information content (AvgIpc) is 2.84. The second-order valence-electron chi connectivity index (χ2n) is 8.86. The topological polar surface area (TPSA) is 17.1 Å². The van der Waals surface area contributed by atoms with E-state index in [2.05, 4.69) is 32.9 Å². The van der Waals surface area contributed by atoms with Crippen molar-refractivity contribution in [3.8, 4) is 0 Å². The fourth-order valence-electron chi connectivity index (χ4n) is 6.78. The summed E-state index contributed by atoms with van der Waals surface area (Å²) >= 11 is 0. The van der Waals surface area contributed by atoms with Gasteiger partial charge in [0.2, 0.25) is 0 Å². The maximum atomic E-state index is 11.8. The lowest BCUT2D eigenvalue weighted by molar-refractivity contribution is -0.116. The van der Waals surface area contributed by atoms with Crippen LogP contribution in [0.25, 0.3) is 0 Å². The van der Waals surface area contributed by atoms with E-state index in [1.807, 2.05) is 6.08 Å². The Morgan fingerprint density at radius 2 is 1.95 bits per heavy atom. The number of rotatable bonds is 1. The second kappa shape index (κ2) is 4.82. The van der Waals surface area contributed by atoms with E-state index in [0.717, 1.165) is 36.5 Å². The van der Waals surface area contributed by atoms with Crippen LogP contribution in [0.15, 0.2) is 23.8 Å². The summed E-state index contributed by atoms with van der Waals surface area (Å²) in [6.45, 7) is 7.42. The molecule has 1 heteroatoms. The van der Waals surface area contributed by atoms with Gasteiger partial charge in [0, 0.05) is 6.42 Å². The summed E-state index contributed by atoms with van der Waals surface area (Å²) in [4.78, 5) is 11.8. The van der Waals surface area contributed by atoms with Crippen LogP contribution in [0.4, 0.5) is 0 Å². The van der Waals surface area contributed by atoms with Crippen LogP contribution in [-0.2, 0) is 4.79 Å². The van der Waals surface area contributed by atoms with Crippen molar-refractivity contribution in [2.75, 3.05) is 0 Å². The van der Waals surface area contributed by atoms with E-state index in [9.17, 15) is 4.79 Å². The third-order valence-electron chi connectivity index (χ3n) is 8.20. The van der Waals surface area contributed by atoms with Gasteiger partial charge in [-0.3, -0.25) is 4.79 Å². The molecule has 120 valence electrons. The molecule has 0 aromatic heterocycles. The highest BCUT2D eigenvalue weighted by Crippen LogP contribution is 2.65. The molecule has 4 aliphatic carbocycles. The Morgan fingerprint density at radius 3 is 2.73 bits per heavy atom. The molecule has 0 saturated heterocycles. The number of fused-ring (bicyclic) bond motifs is 5. The third-order valence-corrected chi connectivity index (χ3v) is 8.20. The van der Waals surface area contributed by atoms with E-state index >= 15 is 0 Å². The van der Waals surface area contributed by atoms with Gasteiger partial charge >= 0.3 is 0 Å². The third kappa shape index (κ3) is 1.80. The maximum absolute atomic E-state index is 11.8. The lowest BCUT2D eigenvalue weighted by atomic mass is 9.48. The van der Waals surface area contributed by atoms with E-state index in [0.29, 0.717) is 11.2 Å². The van der Waals surface area contributed by atoms with Crippen LogP contribution in [0, 0.1) is 34.5 Å². The van der Waals surface area contributed by atoms with E-state index in [1.165, 1.54) is 37.7 Å². The molecule has 1 nitrogen and oxygen atoms in total. The SMILES string of the molecule is CCC1CCC2C3C=CC4=CC(=O)CCC4(C)C3CCC12C. The van der Waals surface area contributed by atoms with Gasteiger partial charge in [-0.1, -0.05) is 39.3 Å². The smallest absolute Gasteiger partial charge is 0.156 e. The molecule has 6 atom stereocenters. The molecule has 0 spiro atoms. The molecule has 4 rings (SSSR count). The quantitative estimate of drug-likeness (QED) is 0.640. The van der Waals surface area contributed by atoms with Crippen molar-refractivity contribution in [3.05, 3.63) is 23.8 Å². The predicted molar refractivity (Wildman–Crippen MR) is 90.4 cm³/mol. The van der Waals surface area contributed by atoms with Crippen molar-refractivity contribution >= 4 is 5.78 Å². The Balaban J connectivity index is 1.72. The molecule has 2 saturated carbocycles. The summed E-state index contributed by atoms with van der Waals surface area (Å²) in [6.07, 6.45) is 15.6. The molecular weight excluding hydrogens is 268 g/mol. The summed E-state index contributed by atoms with van der Waals surface area (Å²) < 4.78 is 0. The number of ketones is 1. The predicted octanol–water partition coefficient (Wildman–Crippen LogP) is 5.32. The zero-order valence-corrected chi connectivity index (χ0v) is 14.4. The van der Waals surface area contributed by atoms with Crippen LogP contribution in [-0.4, -0.2) is 5.78 Å². The summed E-state index contributed by atoms with van der Waals surface area (Å²) in [6, 6.07) is 0. The molecule has 0 bridgehead atoms. The first-order chi connectivity index (χ1) is 10.5. The number of hydrogen-bond donors (Lipinski definition) is 0. The molecule has 0 radical (unpaired) electrons. The number of carbonyl (C=O) groups is 1. The van der Waals surface area contributed by atoms with Crippen LogP contribution >= 0.6 is 0 Å². The lowest BCUT2D eigenvalue weighted by Gasteiger charge is -2.56. The van der Waals surface area contributed by atoms with Gasteiger partial charge in [-0.15, -0.1) is 0 Å². The molecule has 0 aromatic rings. The average molecular weight is 298 g/mol. The minimum atomic E-state index is 0.263. The van der Waals surface area contributed by atoms with E-state index < -0.39 is 0 Å². The van der Waals surface area contributed by atoms with Gasteiger partial charge in [0.05, 0.1) is 0 Å². The molecule has 4 aliphatic rings. The zero-order chi connectivity index (χ0) is 15.5. The molecule has 0 N–H and O–H groups in total. The van der Waals surface area contributed by atoms with Crippen molar-refractivity contribution in [2.45, 2.75) is 65.7 Å². The molecular formula is C21H30O. The monoisotopic (exact) mass is 298 g/mol. The van der Waals surface area contributed by atoms with Gasteiger partial charge in [-0.2, -0.15) is 0 Å². The molecule has 22 heavy (non-hydrogen) atoms.